The van der Waals surface area contributed by atoms with Gasteiger partial charge in [0.05, 0.1) is 16.4 Å². The fourth-order valence-corrected chi connectivity index (χ4v) is 2.42. The van der Waals surface area contributed by atoms with Gasteiger partial charge in [-0.2, -0.15) is 0 Å². The van der Waals surface area contributed by atoms with E-state index in [2.05, 4.69) is 10.2 Å². The molecule has 0 saturated heterocycles. The van der Waals surface area contributed by atoms with Crippen LogP contribution >= 0.6 is 23.1 Å². The number of ketones is 1. The minimum atomic E-state index is 0.156. The zero-order chi connectivity index (χ0) is 11.4. The SMILES string of the molecule is CC(=O)CSCc1nnc(-c2cccs2)o1. The first-order valence-electron chi connectivity index (χ1n) is 4.69. The number of carbonyl (C=O) groups is 1. The topological polar surface area (TPSA) is 56.0 Å². The second-order valence-corrected chi connectivity index (χ2v) is 5.11. The minimum absolute atomic E-state index is 0.156. The number of thiophene rings is 1. The summed E-state index contributed by atoms with van der Waals surface area (Å²) in [5.74, 6) is 2.33. The molecule has 0 radical (unpaired) electrons. The van der Waals surface area contributed by atoms with Crippen molar-refractivity contribution < 1.29 is 9.21 Å². The van der Waals surface area contributed by atoms with Crippen LogP contribution in [0.1, 0.15) is 12.8 Å². The number of hydrogen-bond acceptors (Lipinski definition) is 6. The van der Waals surface area contributed by atoms with Gasteiger partial charge in [0.15, 0.2) is 0 Å². The Morgan fingerprint density at radius 1 is 1.56 bits per heavy atom. The molecule has 0 unspecified atom stereocenters. The van der Waals surface area contributed by atoms with E-state index in [0.717, 1.165) is 4.88 Å². The molecule has 2 rings (SSSR count). The van der Waals surface area contributed by atoms with Crippen molar-refractivity contribution in [3.05, 3.63) is 23.4 Å². The number of aromatic nitrogens is 2. The van der Waals surface area contributed by atoms with Gasteiger partial charge >= 0.3 is 0 Å². The van der Waals surface area contributed by atoms with Gasteiger partial charge in [-0.05, 0) is 18.4 Å². The highest BCUT2D eigenvalue weighted by atomic mass is 32.2. The van der Waals surface area contributed by atoms with Gasteiger partial charge in [-0.1, -0.05) is 6.07 Å². The Labute approximate surface area is 101 Å². The van der Waals surface area contributed by atoms with Crippen molar-refractivity contribution in [3.8, 4) is 10.8 Å². The first kappa shape index (κ1) is 11.3. The van der Waals surface area contributed by atoms with E-state index in [-0.39, 0.29) is 5.78 Å². The average molecular weight is 254 g/mol. The minimum Gasteiger partial charge on any atom is -0.419 e. The average Bonchev–Trinajstić information content (AvgIpc) is 2.85. The van der Waals surface area contributed by atoms with Crippen LogP contribution < -0.4 is 0 Å². The summed E-state index contributed by atoms with van der Waals surface area (Å²) in [5.41, 5.74) is 0. The van der Waals surface area contributed by atoms with E-state index in [1.165, 1.54) is 11.8 Å². The van der Waals surface area contributed by atoms with Gasteiger partial charge in [0.25, 0.3) is 5.89 Å². The molecule has 0 amide bonds. The molecule has 0 spiro atoms. The van der Waals surface area contributed by atoms with Crippen molar-refractivity contribution in [2.75, 3.05) is 5.75 Å². The summed E-state index contributed by atoms with van der Waals surface area (Å²) in [6.07, 6.45) is 0. The van der Waals surface area contributed by atoms with Crippen LogP contribution in [0.4, 0.5) is 0 Å². The van der Waals surface area contributed by atoms with Crippen LogP contribution in [0.5, 0.6) is 0 Å². The predicted molar refractivity (Wildman–Crippen MR) is 64.5 cm³/mol. The van der Waals surface area contributed by atoms with Crippen LogP contribution in [0.15, 0.2) is 21.9 Å². The van der Waals surface area contributed by atoms with Gasteiger partial charge in [-0.25, -0.2) is 0 Å². The lowest BCUT2D eigenvalue weighted by Gasteiger charge is -1.92. The maximum absolute atomic E-state index is 10.7. The van der Waals surface area contributed by atoms with Crippen LogP contribution in [-0.2, 0) is 10.5 Å². The summed E-state index contributed by atoms with van der Waals surface area (Å²) in [5, 5.41) is 9.84. The molecule has 0 aliphatic carbocycles. The quantitative estimate of drug-likeness (QED) is 0.821. The third-order valence-corrected chi connectivity index (χ3v) is 3.65. The number of rotatable bonds is 5. The van der Waals surface area contributed by atoms with Gasteiger partial charge in [0.2, 0.25) is 5.89 Å². The third-order valence-electron chi connectivity index (χ3n) is 1.73. The molecule has 0 N–H and O–H groups in total. The van der Waals surface area contributed by atoms with E-state index in [9.17, 15) is 4.79 Å². The molecule has 0 bridgehead atoms. The number of hydrogen-bond donors (Lipinski definition) is 0. The fourth-order valence-electron chi connectivity index (χ4n) is 1.09. The summed E-state index contributed by atoms with van der Waals surface area (Å²) in [6.45, 7) is 1.57. The van der Waals surface area contributed by atoms with Gasteiger partial charge in [-0.3, -0.25) is 4.79 Å². The van der Waals surface area contributed by atoms with E-state index in [4.69, 9.17) is 4.42 Å². The standard InChI is InChI=1S/C10H10N2O2S2/c1-7(13)5-15-6-9-11-12-10(14-9)8-3-2-4-16-8/h2-4H,5-6H2,1H3. The zero-order valence-electron chi connectivity index (χ0n) is 8.67. The monoisotopic (exact) mass is 254 g/mol. The summed E-state index contributed by atoms with van der Waals surface area (Å²) in [6, 6.07) is 3.87. The Bertz CT molecular complexity index is 465. The molecule has 0 saturated carbocycles. The van der Waals surface area contributed by atoms with E-state index in [0.29, 0.717) is 23.3 Å². The molecular formula is C10H10N2O2S2. The third kappa shape index (κ3) is 2.93. The van der Waals surface area contributed by atoms with Crippen molar-refractivity contribution in [2.24, 2.45) is 0 Å². The largest absolute Gasteiger partial charge is 0.419 e. The van der Waals surface area contributed by atoms with Crippen molar-refractivity contribution in [3.63, 3.8) is 0 Å². The number of nitrogens with zero attached hydrogens (tertiary/aromatic N) is 2. The van der Waals surface area contributed by atoms with Gasteiger partial charge in [0, 0.05) is 0 Å². The fraction of sp³-hybridized carbons (Fsp3) is 0.300. The van der Waals surface area contributed by atoms with E-state index in [1.54, 1.807) is 18.3 Å². The molecule has 0 aliphatic rings. The lowest BCUT2D eigenvalue weighted by molar-refractivity contribution is -0.114. The Kier molecular flexibility index (Phi) is 3.74. The van der Waals surface area contributed by atoms with Crippen LogP contribution in [0.25, 0.3) is 10.8 Å². The molecule has 16 heavy (non-hydrogen) atoms. The molecule has 2 aromatic heterocycles. The summed E-state index contributed by atoms with van der Waals surface area (Å²) >= 11 is 3.04. The van der Waals surface area contributed by atoms with Crippen molar-refractivity contribution >= 4 is 28.9 Å². The summed E-state index contributed by atoms with van der Waals surface area (Å²) < 4.78 is 5.47. The van der Waals surface area contributed by atoms with Gasteiger partial charge < -0.3 is 4.42 Å². The molecule has 2 heterocycles. The van der Waals surface area contributed by atoms with Crippen molar-refractivity contribution in [1.29, 1.82) is 0 Å². The molecule has 84 valence electrons. The molecule has 0 atom stereocenters. The lowest BCUT2D eigenvalue weighted by Crippen LogP contribution is -1.93. The normalized spacial score (nSPS) is 10.6. The van der Waals surface area contributed by atoms with Gasteiger partial charge in [0.1, 0.15) is 5.78 Å². The molecule has 2 aromatic rings. The highest BCUT2D eigenvalue weighted by Gasteiger charge is 2.09. The first-order chi connectivity index (χ1) is 7.75. The Morgan fingerprint density at radius 3 is 3.12 bits per heavy atom. The summed E-state index contributed by atoms with van der Waals surface area (Å²) in [7, 11) is 0. The number of thioether (sulfide) groups is 1. The smallest absolute Gasteiger partial charge is 0.257 e. The first-order valence-corrected chi connectivity index (χ1v) is 6.72. The molecule has 0 aromatic carbocycles. The Balaban J connectivity index is 1.95. The highest BCUT2D eigenvalue weighted by molar-refractivity contribution is 7.99. The highest BCUT2D eigenvalue weighted by Crippen LogP contribution is 2.24. The van der Waals surface area contributed by atoms with E-state index >= 15 is 0 Å². The van der Waals surface area contributed by atoms with E-state index < -0.39 is 0 Å². The van der Waals surface area contributed by atoms with Crippen LogP contribution in [0, 0.1) is 0 Å². The van der Waals surface area contributed by atoms with E-state index in [1.807, 2.05) is 17.5 Å². The second-order valence-electron chi connectivity index (χ2n) is 3.17. The van der Waals surface area contributed by atoms with Crippen LogP contribution in [0.2, 0.25) is 0 Å². The van der Waals surface area contributed by atoms with Crippen molar-refractivity contribution in [1.82, 2.24) is 10.2 Å². The Morgan fingerprint density at radius 2 is 2.44 bits per heavy atom. The second kappa shape index (κ2) is 5.27. The molecular weight excluding hydrogens is 244 g/mol. The molecule has 4 nitrogen and oxygen atoms in total. The lowest BCUT2D eigenvalue weighted by atomic mass is 10.5. The number of carbonyl (C=O) groups excluding carboxylic acids is 1. The maximum Gasteiger partial charge on any atom is 0.257 e. The predicted octanol–water partition coefficient (Wildman–Crippen LogP) is 2.62. The summed E-state index contributed by atoms with van der Waals surface area (Å²) in [4.78, 5) is 11.7. The van der Waals surface area contributed by atoms with Gasteiger partial charge in [-0.15, -0.1) is 33.3 Å². The van der Waals surface area contributed by atoms with Crippen LogP contribution in [0.3, 0.4) is 0 Å². The molecule has 6 heteroatoms. The zero-order valence-corrected chi connectivity index (χ0v) is 10.3. The number of Topliss-reactive ketones (excluding diaryl/α,β-unsaturated/α-hetero) is 1. The Hall–Kier alpha value is -1.14. The maximum atomic E-state index is 10.7. The molecule has 0 fully saturated rings. The van der Waals surface area contributed by atoms with Crippen LogP contribution in [-0.4, -0.2) is 21.7 Å². The van der Waals surface area contributed by atoms with Crippen molar-refractivity contribution in [2.45, 2.75) is 12.7 Å². The molecule has 0 aliphatic heterocycles.